The monoisotopic (exact) mass is 429 g/mol. The molecule has 1 unspecified atom stereocenters. The van der Waals surface area contributed by atoms with E-state index in [4.69, 9.17) is 19.9 Å². The highest BCUT2D eigenvalue weighted by Crippen LogP contribution is 2.46. The number of ether oxygens (including phenoxy) is 3. The van der Waals surface area contributed by atoms with Crippen LogP contribution in [0.15, 0.2) is 70.8 Å². The van der Waals surface area contributed by atoms with E-state index in [2.05, 4.69) is 6.07 Å². The van der Waals surface area contributed by atoms with Crippen LogP contribution >= 0.6 is 0 Å². The van der Waals surface area contributed by atoms with Gasteiger partial charge in [-0.2, -0.15) is 5.26 Å². The standard InChI is InChI=1S/C25H23N3O4/c1-15-12-20-22(25(29)28(15)14-16-8-5-4-6-9-16)21(18(13-26)24(27)32-20)17-10-7-11-19(30-2)23(17)31-3/h4-12,21H,14,27H2,1-3H3. The van der Waals surface area contributed by atoms with Crippen molar-refractivity contribution in [3.8, 4) is 23.3 Å². The van der Waals surface area contributed by atoms with Gasteiger partial charge in [0.2, 0.25) is 5.88 Å². The highest BCUT2D eigenvalue weighted by atomic mass is 16.5. The Morgan fingerprint density at radius 1 is 1.12 bits per heavy atom. The third kappa shape index (κ3) is 3.46. The fourth-order valence-electron chi connectivity index (χ4n) is 4.10. The highest BCUT2D eigenvalue weighted by molar-refractivity contribution is 5.60. The molecule has 4 rings (SSSR count). The molecule has 0 bridgehead atoms. The molecule has 7 heteroatoms. The third-order valence-corrected chi connectivity index (χ3v) is 5.62. The van der Waals surface area contributed by atoms with Crippen LogP contribution in [0.25, 0.3) is 0 Å². The van der Waals surface area contributed by atoms with Crippen LogP contribution < -0.4 is 25.5 Å². The molecule has 2 heterocycles. The van der Waals surface area contributed by atoms with Crippen molar-refractivity contribution in [1.82, 2.24) is 4.57 Å². The normalized spacial score (nSPS) is 14.9. The van der Waals surface area contributed by atoms with Crippen LogP contribution in [0.5, 0.6) is 17.2 Å². The fourth-order valence-corrected chi connectivity index (χ4v) is 4.10. The summed E-state index contributed by atoms with van der Waals surface area (Å²) in [5, 5.41) is 9.91. The van der Waals surface area contributed by atoms with Crippen LogP contribution in [0.1, 0.15) is 28.3 Å². The first kappa shape index (κ1) is 21.1. The molecule has 0 radical (unpaired) electrons. The summed E-state index contributed by atoms with van der Waals surface area (Å²) in [5.74, 6) is 0.468. The Morgan fingerprint density at radius 2 is 1.88 bits per heavy atom. The number of nitriles is 1. The van der Waals surface area contributed by atoms with E-state index in [0.29, 0.717) is 34.9 Å². The van der Waals surface area contributed by atoms with E-state index in [0.717, 1.165) is 11.3 Å². The van der Waals surface area contributed by atoms with Crippen LogP contribution in [0, 0.1) is 18.3 Å². The zero-order chi connectivity index (χ0) is 22.8. The maximum absolute atomic E-state index is 13.8. The number of allylic oxidation sites excluding steroid dienone is 1. The first-order chi connectivity index (χ1) is 15.5. The van der Waals surface area contributed by atoms with Gasteiger partial charge in [0.15, 0.2) is 11.5 Å². The molecule has 0 saturated heterocycles. The molecule has 1 aliphatic rings. The van der Waals surface area contributed by atoms with Crippen molar-refractivity contribution >= 4 is 0 Å². The summed E-state index contributed by atoms with van der Waals surface area (Å²) in [5.41, 5.74) is 8.66. The first-order valence-electron chi connectivity index (χ1n) is 10.1. The minimum atomic E-state index is -0.760. The Bertz CT molecular complexity index is 1300. The maximum atomic E-state index is 13.8. The summed E-state index contributed by atoms with van der Waals surface area (Å²) in [6.45, 7) is 2.23. The summed E-state index contributed by atoms with van der Waals surface area (Å²) in [7, 11) is 3.05. The number of para-hydroxylation sites is 1. The van der Waals surface area contributed by atoms with Crippen molar-refractivity contribution in [3.63, 3.8) is 0 Å². The summed E-state index contributed by atoms with van der Waals surface area (Å²) in [4.78, 5) is 13.8. The lowest BCUT2D eigenvalue weighted by Crippen LogP contribution is -2.33. The predicted octanol–water partition coefficient (Wildman–Crippen LogP) is 3.44. The Kier molecular flexibility index (Phi) is 5.61. The predicted molar refractivity (Wildman–Crippen MR) is 120 cm³/mol. The zero-order valence-corrected chi connectivity index (χ0v) is 18.1. The molecule has 1 atom stereocenters. The SMILES string of the molecule is COc1cccc(C2C(C#N)=C(N)Oc3cc(C)n(Cc4ccccc4)c(=O)c32)c1OC. The first-order valence-corrected chi connectivity index (χ1v) is 10.1. The molecule has 0 amide bonds. The molecule has 7 nitrogen and oxygen atoms in total. The number of hydrogen-bond donors (Lipinski definition) is 1. The van der Waals surface area contributed by atoms with Gasteiger partial charge in [0.25, 0.3) is 5.56 Å². The minimum Gasteiger partial charge on any atom is -0.493 e. The number of nitrogens with two attached hydrogens (primary N) is 1. The van der Waals surface area contributed by atoms with E-state index in [-0.39, 0.29) is 17.0 Å². The van der Waals surface area contributed by atoms with Gasteiger partial charge < -0.3 is 24.5 Å². The minimum absolute atomic E-state index is 0.0329. The van der Waals surface area contributed by atoms with Gasteiger partial charge in [-0.1, -0.05) is 42.5 Å². The van der Waals surface area contributed by atoms with Crippen molar-refractivity contribution in [1.29, 1.82) is 5.26 Å². The Balaban J connectivity index is 1.98. The molecule has 2 aromatic carbocycles. The summed E-state index contributed by atoms with van der Waals surface area (Å²) in [6.07, 6.45) is 0. The van der Waals surface area contributed by atoms with Crippen molar-refractivity contribution < 1.29 is 14.2 Å². The van der Waals surface area contributed by atoms with Crippen LogP contribution in [-0.2, 0) is 6.54 Å². The van der Waals surface area contributed by atoms with Gasteiger partial charge >= 0.3 is 0 Å². The summed E-state index contributed by atoms with van der Waals surface area (Å²) >= 11 is 0. The lowest BCUT2D eigenvalue weighted by molar-refractivity contribution is 0.348. The number of aromatic nitrogens is 1. The molecule has 1 aromatic heterocycles. The lowest BCUT2D eigenvalue weighted by Gasteiger charge is -2.28. The Morgan fingerprint density at radius 3 is 2.53 bits per heavy atom. The van der Waals surface area contributed by atoms with Gasteiger partial charge in [-0.05, 0) is 18.6 Å². The van der Waals surface area contributed by atoms with Crippen molar-refractivity contribution in [2.45, 2.75) is 19.4 Å². The number of rotatable bonds is 5. The molecule has 32 heavy (non-hydrogen) atoms. The number of fused-ring (bicyclic) bond motifs is 1. The molecule has 0 fully saturated rings. The van der Waals surface area contributed by atoms with Gasteiger partial charge in [0.05, 0.1) is 32.2 Å². The molecule has 0 aliphatic carbocycles. The second-order valence-electron chi connectivity index (χ2n) is 7.45. The fraction of sp³-hybridized carbons (Fsp3) is 0.200. The van der Waals surface area contributed by atoms with E-state index in [1.807, 2.05) is 37.3 Å². The van der Waals surface area contributed by atoms with E-state index in [1.165, 1.54) is 14.2 Å². The quantitative estimate of drug-likeness (QED) is 0.667. The number of nitrogens with zero attached hydrogens (tertiary/aromatic N) is 2. The van der Waals surface area contributed by atoms with Crippen molar-refractivity contribution in [2.24, 2.45) is 5.73 Å². The average Bonchev–Trinajstić information content (AvgIpc) is 2.81. The molecule has 2 N–H and O–H groups in total. The van der Waals surface area contributed by atoms with Crippen molar-refractivity contribution in [2.75, 3.05) is 14.2 Å². The third-order valence-electron chi connectivity index (χ3n) is 5.62. The van der Waals surface area contributed by atoms with Gasteiger partial charge in [-0.3, -0.25) is 4.79 Å². The van der Waals surface area contributed by atoms with Crippen molar-refractivity contribution in [3.05, 3.63) is 98.8 Å². The summed E-state index contributed by atoms with van der Waals surface area (Å²) < 4.78 is 18.4. The van der Waals surface area contributed by atoms with E-state index in [1.54, 1.807) is 28.8 Å². The number of benzene rings is 2. The van der Waals surface area contributed by atoms with E-state index < -0.39 is 5.92 Å². The number of pyridine rings is 1. The molecular formula is C25H23N3O4. The zero-order valence-electron chi connectivity index (χ0n) is 18.1. The molecule has 0 saturated carbocycles. The Labute approximate surface area is 185 Å². The largest absolute Gasteiger partial charge is 0.493 e. The molecule has 1 aliphatic heterocycles. The van der Waals surface area contributed by atoms with Crippen LogP contribution in [0.3, 0.4) is 0 Å². The molecular weight excluding hydrogens is 406 g/mol. The second kappa shape index (κ2) is 8.52. The molecule has 3 aromatic rings. The van der Waals surface area contributed by atoms with E-state index >= 15 is 0 Å². The smallest absolute Gasteiger partial charge is 0.259 e. The summed E-state index contributed by atoms with van der Waals surface area (Å²) in [6, 6.07) is 19.0. The average molecular weight is 429 g/mol. The topological polar surface area (TPSA) is 99.5 Å². The van der Waals surface area contributed by atoms with Gasteiger partial charge in [-0.25, -0.2) is 0 Å². The number of aryl methyl sites for hydroxylation is 1. The van der Waals surface area contributed by atoms with Crippen LogP contribution in [0.4, 0.5) is 0 Å². The van der Waals surface area contributed by atoms with E-state index in [9.17, 15) is 10.1 Å². The van der Waals surface area contributed by atoms with Crippen LogP contribution in [0.2, 0.25) is 0 Å². The Hall–Kier alpha value is -4.18. The number of methoxy groups -OCH3 is 2. The maximum Gasteiger partial charge on any atom is 0.259 e. The second-order valence-corrected chi connectivity index (χ2v) is 7.45. The lowest BCUT2D eigenvalue weighted by atomic mass is 9.83. The van der Waals surface area contributed by atoms with Gasteiger partial charge in [-0.15, -0.1) is 0 Å². The van der Waals surface area contributed by atoms with Crippen LogP contribution in [-0.4, -0.2) is 18.8 Å². The number of hydrogen-bond acceptors (Lipinski definition) is 6. The van der Waals surface area contributed by atoms with Gasteiger partial charge in [0, 0.05) is 17.3 Å². The van der Waals surface area contributed by atoms with Gasteiger partial charge in [0.1, 0.15) is 17.4 Å². The molecule has 162 valence electrons. The highest BCUT2D eigenvalue weighted by Gasteiger charge is 2.36. The molecule has 0 spiro atoms.